The summed E-state index contributed by atoms with van der Waals surface area (Å²) in [6, 6.07) is 20.2. The summed E-state index contributed by atoms with van der Waals surface area (Å²) in [5.41, 5.74) is 3.82. The number of carbonyl (C=O) groups is 1. The van der Waals surface area contributed by atoms with Crippen LogP contribution in [0.5, 0.6) is 5.75 Å². The molecule has 6 nitrogen and oxygen atoms in total. The Morgan fingerprint density at radius 1 is 1.06 bits per heavy atom. The van der Waals surface area contributed by atoms with Crippen molar-refractivity contribution in [3.05, 3.63) is 83.7 Å². The smallest absolute Gasteiger partial charge is 0.234 e. The Bertz CT molecular complexity index is 1290. The minimum Gasteiger partial charge on any atom is -0.497 e. The van der Waals surface area contributed by atoms with Crippen LogP contribution in [-0.2, 0) is 4.79 Å². The van der Waals surface area contributed by atoms with E-state index in [4.69, 9.17) is 4.74 Å². The van der Waals surface area contributed by atoms with Gasteiger partial charge in [0.25, 0.3) is 0 Å². The van der Waals surface area contributed by atoms with E-state index in [0.717, 1.165) is 22.6 Å². The number of amides is 1. The third kappa shape index (κ3) is 5.23. The van der Waals surface area contributed by atoms with E-state index in [1.807, 2.05) is 60.0 Å². The predicted molar refractivity (Wildman–Crippen MR) is 129 cm³/mol. The van der Waals surface area contributed by atoms with Crippen LogP contribution in [-0.4, -0.2) is 33.5 Å². The molecule has 0 saturated heterocycles. The molecule has 8 heteroatoms. The Kier molecular flexibility index (Phi) is 6.74. The summed E-state index contributed by atoms with van der Waals surface area (Å²) in [5.74, 6) is 0.889. The van der Waals surface area contributed by atoms with Gasteiger partial charge in [-0.05, 0) is 61.9 Å². The third-order valence-corrected chi connectivity index (χ3v) is 5.96. The predicted octanol–water partition coefficient (Wildman–Crippen LogP) is 5.43. The van der Waals surface area contributed by atoms with Crippen LogP contribution < -0.4 is 10.1 Å². The lowest BCUT2D eigenvalue weighted by Crippen LogP contribution is -2.14. The van der Waals surface area contributed by atoms with Crippen molar-refractivity contribution in [3.8, 4) is 22.8 Å². The zero-order valence-corrected chi connectivity index (χ0v) is 19.3. The van der Waals surface area contributed by atoms with E-state index in [9.17, 15) is 9.18 Å². The fourth-order valence-electron chi connectivity index (χ4n) is 3.30. The molecular formula is C25H23FN4O2S. The molecule has 0 unspecified atom stereocenters. The molecule has 0 atom stereocenters. The number of aryl methyl sites for hydroxylation is 2. The van der Waals surface area contributed by atoms with Gasteiger partial charge in [-0.2, -0.15) is 0 Å². The molecule has 168 valence electrons. The number of hydrogen-bond donors (Lipinski definition) is 1. The molecule has 1 aromatic heterocycles. The summed E-state index contributed by atoms with van der Waals surface area (Å²) < 4.78 is 21.0. The second-order valence-electron chi connectivity index (χ2n) is 7.51. The topological polar surface area (TPSA) is 69.0 Å². The average Bonchev–Trinajstić information content (AvgIpc) is 3.24. The van der Waals surface area contributed by atoms with E-state index in [-0.39, 0.29) is 17.5 Å². The molecule has 0 spiro atoms. The van der Waals surface area contributed by atoms with Crippen LogP contribution in [0.4, 0.5) is 10.1 Å². The fraction of sp³-hybridized carbons (Fsp3) is 0.160. The molecule has 33 heavy (non-hydrogen) atoms. The van der Waals surface area contributed by atoms with Gasteiger partial charge < -0.3 is 10.1 Å². The highest BCUT2D eigenvalue weighted by molar-refractivity contribution is 7.99. The maximum atomic E-state index is 13.8. The largest absolute Gasteiger partial charge is 0.497 e. The number of benzene rings is 3. The summed E-state index contributed by atoms with van der Waals surface area (Å²) in [7, 11) is 1.62. The Morgan fingerprint density at radius 2 is 1.85 bits per heavy atom. The summed E-state index contributed by atoms with van der Waals surface area (Å²) in [5, 5.41) is 12.1. The Hall–Kier alpha value is -3.65. The number of thioether (sulfide) groups is 1. The van der Waals surface area contributed by atoms with E-state index in [1.54, 1.807) is 26.2 Å². The Labute approximate surface area is 195 Å². The second kappa shape index (κ2) is 9.87. The van der Waals surface area contributed by atoms with Crippen LogP contribution in [0.15, 0.2) is 71.9 Å². The zero-order valence-electron chi connectivity index (χ0n) is 18.5. The van der Waals surface area contributed by atoms with Crippen LogP contribution in [0.25, 0.3) is 17.1 Å². The zero-order chi connectivity index (χ0) is 23.4. The molecule has 0 saturated carbocycles. The quantitative estimate of drug-likeness (QED) is 0.371. The van der Waals surface area contributed by atoms with E-state index in [1.165, 1.54) is 17.8 Å². The molecule has 0 fully saturated rings. The highest BCUT2D eigenvalue weighted by atomic mass is 32.2. The molecule has 4 rings (SSSR count). The summed E-state index contributed by atoms with van der Waals surface area (Å²) in [4.78, 5) is 12.5. The molecular weight excluding hydrogens is 439 g/mol. The summed E-state index contributed by atoms with van der Waals surface area (Å²) in [6.45, 7) is 3.69. The Morgan fingerprint density at radius 3 is 2.55 bits per heavy atom. The van der Waals surface area contributed by atoms with E-state index < -0.39 is 0 Å². The lowest BCUT2D eigenvalue weighted by atomic mass is 10.1. The number of nitrogens with zero attached hydrogens (tertiary/aromatic N) is 3. The van der Waals surface area contributed by atoms with Crippen molar-refractivity contribution < 1.29 is 13.9 Å². The number of ether oxygens (including phenoxy) is 1. The second-order valence-corrected chi connectivity index (χ2v) is 8.45. The van der Waals surface area contributed by atoms with Crippen LogP contribution in [0.2, 0.25) is 0 Å². The van der Waals surface area contributed by atoms with Gasteiger partial charge in [0, 0.05) is 16.9 Å². The molecule has 1 N–H and O–H groups in total. The first-order valence-corrected chi connectivity index (χ1v) is 11.3. The first kappa shape index (κ1) is 22.5. The monoisotopic (exact) mass is 462 g/mol. The molecule has 1 amide bonds. The van der Waals surface area contributed by atoms with Gasteiger partial charge in [-0.3, -0.25) is 9.36 Å². The van der Waals surface area contributed by atoms with Crippen molar-refractivity contribution in [1.82, 2.24) is 14.8 Å². The van der Waals surface area contributed by atoms with Crippen molar-refractivity contribution >= 4 is 23.4 Å². The van der Waals surface area contributed by atoms with Gasteiger partial charge in [0.15, 0.2) is 11.0 Å². The molecule has 0 radical (unpaired) electrons. The maximum Gasteiger partial charge on any atom is 0.234 e. The van der Waals surface area contributed by atoms with Crippen LogP contribution in [0.3, 0.4) is 0 Å². The number of rotatable bonds is 7. The molecule has 0 aliphatic heterocycles. The maximum absolute atomic E-state index is 13.8. The average molecular weight is 463 g/mol. The number of aromatic nitrogens is 3. The highest BCUT2D eigenvalue weighted by Crippen LogP contribution is 2.29. The van der Waals surface area contributed by atoms with Gasteiger partial charge in [-0.25, -0.2) is 4.39 Å². The number of carbonyl (C=O) groups excluding carboxylic acids is 1. The number of halogens is 1. The summed E-state index contributed by atoms with van der Waals surface area (Å²) in [6.07, 6.45) is 0. The minimum absolute atomic E-state index is 0.0948. The van der Waals surface area contributed by atoms with Gasteiger partial charge in [0.2, 0.25) is 5.91 Å². The van der Waals surface area contributed by atoms with Crippen molar-refractivity contribution in [2.45, 2.75) is 19.0 Å². The normalized spacial score (nSPS) is 10.8. The number of methoxy groups -OCH3 is 1. The first-order chi connectivity index (χ1) is 15.9. The van der Waals surface area contributed by atoms with E-state index in [0.29, 0.717) is 22.2 Å². The lowest BCUT2D eigenvalue weighted by molar-refractivity contribution is -0.113. The molecule has 0 bridgehead atoms. The van der Waals surface area contributed by atoms with Crippen molar-refractivity contribution in [2.24, 2.45) is 0 Å². The van der Waals surface area contributed by atoms with E-state index in [2.05, 4.69) is 15.5 Å². The molecule has 0 aliphatic carbocycles. The van der Waals surface area contributed by atoms with E-state index >= 15 is 0 Å². The fourth-order valence-corrected chi connectivity index (χ4v) is 4.05. The molecule has 4 aromatic rings. The van der Waals surface area contributed by atoms with Crippen molar-refractivity contribution in [1.29, 1.82) is 0 Å². The van der Waals surface area contributed by atoms with Gasteiger partial charge in [0.1, 0.15) is 11.6 Å². The summed E-state index contributed by atoms with van der Waals surface area (Å²) >= 11 is 1.26. The lowest BCUT2D eigenvalue weighted by Gasteiger charge is -2.12. The van der Waals surface area contributed by atoms with Gasteiger partial charge in [0.05, 0.1) is 12.9 Å². The standard InChI is InChI=1S/C25H23FN4O2S/c1-16-5-4-6-18(13-16)24-28-29-25(30(24)20-9-11-21(32-3)12-10-20)33-15-23(31)27-19-8-7-17(2)22(26)14-19/h4-14H,15H2,1-3H3,(H,27,31). The van der Waals surface area contributed by atoms with Gasteiger partial charge in [-0.1, -0.05) is 41.6 Å². The SMILES string of the molecule is COc1ccc(-n2c(SCC(=O)Nc3ccc(C)c(F)c3)nnc2-c2cccc(C)c2)cc1. The number of hydrogen-bond acceptors (Lipinski definition) is 5. The van der Waals surface area contributed by atoms with Gasteiger partial charge >= 0.3 is 0 Å². The molecule has 0 aliphatic rings. The Balaban J connectivity index is 1.60. The third-order valence-electron chi connectivity index (χ3n) is 5.03. The number of nitrogens with one attached hydrogen (secondary N) is 1. The molecule has 3 aromatic carbocycles. The van der Waals surface area contributed by atoms with Crippen molar-refractivity contribution in [2.75, 3.05) is 18.2 Å². The minimum atomic E-state index is -0.359. The van der Waals surface area contributed by atoms with Crippen LogP contribution in [0, 0.1) is 19.7 Å². The van der Waals surface area contributed by atoms with Gasteiger partial charge in [-0.15, -0.1) is 10.2 Å². The number of anilines is 1. The first-order valence-electron chi connectivity index (χ1n) is 10.3. The van der Waals surface area contributed by atoms with Crippen LogP contribution in [0.1, 0.15) is 11.1 Å². The molecule has 1 heterocycles. The van der Waals surface area contributed by atoms with Crippen molar-refractivity contribution in [3.63, 3.8) is 0 Å². The van der Waals surface area contributed by atoms with Crippen LogP contribution >= 0.6 is 11.8 Å². The highest BCUT2D eigenvalue weighted by Gasteiger charge is 2.18.